The summed E-state index contributed by atoms with van der Waals surface area (Å²) in [6, 6.07) is 1.73. The van der Waals surface area contributed by atoms with Crippen LogP contribution in [-0.2, 0) is 11.2 Å². The predicted molar refractivity (Wildman–Crippen MR) is 53.2 cm³/mol. The Kier molecular flexibility index (Phi) is 2.41. The van der Waals surface area contributed by atoms with Crippen molar-refractivity contribution in [2.24, 2.45) is 0 Å². The largest absolute Gasteiger partial charge is 0.380 e. The molecule has 0 radical (unpaired) electrons. The number of rotatable bonds is 3. The minimum absolute atomic E-state index is 0.606. The number of carbonyl (C=O) groups is 1. The van der Waals surface area contributed by atoms with Crippen molar-refractivity contribution in [2.45, 2.75) is 6.42 Å². The average molecular weight is 189 g/mol. The summed E-state index contributed by atoms with van der Waals surface area (Å²) in [5.74, 6) is 0. The van der Waals surface area contributed by atoms with Crippen LogP contribution in [0.15, 0.2) is 17.8 Å². The summed E-state index contributed by atoms with van der Waals surface area (Å²) in [4.78, 5) is 15.0. The van der Waals surface area contributed by atoms with Crippen LogP contribution < -0.4 is 0 Å². The first-order valence-corrected chi connectivity index (χ1v) is 4.46. The lowest BCUT2D eigenvalue weighted by Gasteiger charge is -1.99. The highest BCUT2D eigenvalue weighted by atomic mass is 16.5. The van der Waals surface area contributed by atoms with Gasteiger partial charge in [0.05, 0.1) is 12.3 Å². The van der Waals surface area contributed by atoms with E-state index in [0.29, 0.717) is 12.2 Å². The Bertz CT molecular complexity index is 396. The van der Waals surface area contributed by atoms with Gasteiger partial charge in [-0.3, -0.25) is 9.78 Å². The second-order valence-corrected chi connectivity index (χ2v) is 3.29. The molecule has 0 fully saturated rings. The molecule has 1 aromatic rings. The number of pyridine rings is 1. The summed E-state index contributed by atoms with van der Waals surface area (Å²) in [6.07, 6.45) is 5.33. The van der Waals surface area contributed by atoms with Gasteiger partial charge in [-0.1, -0.05) is 6.08 Å². The summed E-state index contributed by atoms with van der Waals surface area (Å²) in [5.41, 5.74) is 3.81. The Morgan fingerprint density at radius 1 is 1.64 bits per heavy atom. The number of ether oxygens (including phenoxy) is 1. The zero-order valence-corrected chi connectivity index (χ0v) is 7.99. The summed E-state index contributed by atoms with van der Waals surface area (Å²) in [5, 5.41) is 0. The number of carbonyl (C=O) groups excluding carboxylic acids is 1. The van der Waals surface area contributed by atoms with Crippen molar-refractivity contribution >= 4 is 12.4 Å². The Labute approximate surface area is 82.4 Å². The molecule has 3 nitrogen and oxygen atoms in total. The third kappa shape index (κ3) is 1.46. The molecule has 0 saturated heterocycles. The minimum Gasteiger partial charge on any atom is -0.380 e. The van der Waals surface area contributed by atoms with Crippen LogP contribution in [0, 0.1) is 0 Å². The van der Waals surface area contributed by atoms with Crippen LogP contribution in [0.25, 0.3) is 6.08 Å². The molecule has 1 heterocycles. The third-order valence-electron chi connectivity index (χ3n) is 2.31. The average Bonchev–Trinajstić information content (AvgIpc) is 2.60. The predicted octanol–water partition coefficient (Wildman–Crippen LogP) is 1.48. The third-order valence-corrected chi connectivity index (χ3v) is 2.31. The van der Waals surface area contributed by atoms with Gasteiger partial charge in [-0.2, -0.15) is 0 Å². The molecule has 0 aliphatic heterocycles. The molecule has 2 rings (SSSR count). The second-order valence-electron chi connectivity index (χ2n) is 3.29. The monoisotopic (exact) mass is 189 g/mol. The van der Waals surface area contributed by atoms with E-state index in [0.717, 1.165) is 24.0 Å². The van der Waals surface area contributed by atoms with E-state index < -0.39 is 0 Å². The lowest BCUT2D eigenvalue weighted by Crippen LogP contribution is -1.96. The van der Waals surface area contributed by atoms with E-state index in [2.05, 4.69) is 4.98 Å². The van der Waals surface area contributed by atoms with Crippen molar-refractivity contribution in [2.75, 3.05) is 13.7 Å². The molecule has 0 saturated carbocycles. The minimum atomic E-state index is 0.606. The first-order valence-electron chi connectivity index (χ1n) is 4.46. The summed E-state index contributed by atoms with van der Waals surface area (Å²) < 4.78 is 5.05. The number of aldehydes is 1. The van der Waals surface area contributed by atoms with Crippen molar-refractivity contribution in [3.05, 3.63) is 34.7 Å². The standard InChI is InChI=1S/C11H11NO2/c1-14-7-8-4-10-9(6-13)2-3-12-11(10)5-8/h2-4,6H,5,7H2,1H3. The molecule has 0 bridgehead atoms. The van der Waals surface area contributed by atoms with Gasteiger partial charge < -0.3 is 4.74 Å². The maximum Gasteiger partial charge on any atom is 0.150 e. The molecule has 0 atom stereocenters. The highest BCUT2D eigenvalue weighted by Crippen LogP contribution is 2.25. The summed E-state index contributed by atoms with van der Waals surface area (Å²) in [7, 11) is 1.66. The van der Waals surface area contributed by atoms with Crippen LogP contribution in [0.3, 0.4) is 0 Å². The Morgan fingerprint density at radius 2 is 2.50 bits per heavy atom. The molecule has 0 amide bonds. The molecular formula is C11H11NO2. The smallest absolute Gasteiger partial charge is 0.150 e. The highest BCUT2D eigenvalue weighted by molar-refractivity contribution is 5.84. The van der Waals surface area contributed by atoms with Crippen molar-refractivity contribution in [1.82, 2.24) is 4.98 Å². The fourth-order valence-corrected chi connectivity index (χ4v) is 1.69. The zero-order chi connectivity index (χ0) is 9.97. The second kappa shape index (κ2) is 3.72. The van der Waals surface area contributed by atoms with Crippen LogP contribution in [0.2, 0.25) is 0 Å². The summed E-state index contributed by atoms with van der Waals surface area (Å²) in [6.45, 7) is 0.606. The van der Waals surface area contributed by atoms with Gasteiger partial charge in [-0.15, -0.1) is 0 Å². The van der Waals surface area contributed by atoms with Crippen molar-refractivity contribution in [3.63, 3.8) is 0 Å². The molecule has 1 aliphatic rings. The van der Waals surface area contributed by atoms with Gasteiger partial charge in [0.1, 0.15) is 0 Å². The lowest BCUT2D eigenvalue weighted by molar-refractivity contribution is 0.112. The first kappa shape index (κ1) is 9.09. The number of methoxy groups -OCH3 is 1. The Balaban J connectivity index is 2.37. The SMILES string of the molecule is COCC1=Cc2c(C=O)ccnc2C1. The zero-order valence-electron chi connectivity index (χ0n) is 7.99. The van der Waals surface area contributed by atoms with Crippen LogP contribution in [-0.4, -0.2) is 25.0 Å². The molecule has 14 heavy (non-hydrogen) atoms. The van der Waals surface area contributed by atoms with Crippen LogP contribution in [0.5, 0.6) is 0 Å². The Morgan fingerprint density at radius 3 is 3.21 bits per heavy atom. The van der Waals surface area contributed by atoms with Crippen molar-refractivity contribution in [3.8, 4) is 0 Å². The molecule has 3 heteroatoms. The fourth-order valence-electron chi connectivity index (χ4n) is 1.69. The maximum absolute atomic E-state index is 10.7. The van der Waals surface area contributed by atoms with Gasteiger partial charge in [0.25, 0.3) is 0 Å². The van der Waals surface area contributed by atoms with E-state index in [1.54, 1.807) is 19.4 Å². The van der Waals surface area contributed by atoms with E-state index in [-0.39, 0.29) is 0 Å². The van der Waals surface area contributed by atoms with E-state index in [9.17, 15) is 4.79 Å². The molecule has 0 spiro atoms. The number of fused-ring (bicyclic) bond motifs is 1. The topological polar surface area (TPSA) is 39.2 Å². The highest BCUT2D eigenvalue weighted by Gasteiger charge is 2.16. The van der Waals surface area contributed by atoms with E-state index in [4.69, 9.17) is 4.74 Å². The van der Waals surface area contributed by atoms with Gasteiger partial charge in [0, 0.05) is 30.9 Å². The van der Waals surface area contributed by atoms with Crippen LogP contribution >= 0.6 is 0 Å². The van der Waals surface area contributed by atoms with Gasteiger partial charge in [0.2, 0.25) is 0 Å². The maximum atomic E-state index is 10.7. The van der Waals surface area contributed by atoms with E-state index in [1.165, 1.54) is 5.57 Å². The molecule has 72 valence electrons. The normalized spacial score (nSPS) is 13.6. The molecule has 1 aromatic heterocycles. The molecule has 0 aromatic carbocycles. The fraction of sp³-hybridized carbons (Fsp3) is 0.273. The van der Waals surface area contributed by atoms with Crippen LogP contribution in [0.1, 0.15) is 21.6 Å². The van der Waals surface area contributed by atoms with E-state index in [1.807, 2.05) is 6.08 Å². The van der Waals surface area contributed by atoms with Gasteiger partial charge in [-0.05, 0) is 11.6 Å². The number of hydrogen-bond acceptors (Lipinski definition) is 3. The van der Waals surface area contributed by atoms with E-state index >= 15 is 0 Å². The number of aromatic nitrogens is 1. The van der Waals surface area contributed by atoms with Gasteiger partial charge >= 0.3 is 0 Å². The number of hydrogen-bond donors (Lipinski definition) is 0. The molecule has 1 aliphatic carbocycles. The lowest BCUT2D eigenvalue weighted by atomic mass is 10.1. The van der Waals surface area contributed by atoms with Crippen molar-refractivity contribution < 1.29 is 9.53 Å². The quantitative estimate of drug-likeness (QED) is 0.676. The molecule has 0 N–H and O–H groups in total. The summed E-state index contributed by atoms with van der Waals surface area (Å²) >= 11 is 0. The van der Waals surface area contributed by atoms with Gasteiger partial charge in [0.15, 0.2) is 6.29 Å². The van der Waals surface area contributed by atoms with Crippen LogP contribution in [0.4, 0.5) is 0 Å². The van der Waals surface area contributed by atoms with Crippen molar-refractivity contribution in [1.29, 1.82) is 0 Å². The number of nitrogens with zero attached hydrogens (tertiary/aromatic N) is 1. The molecular weight excluding hydrogens is 178 g/mol. The first-order chi connectivity index (χ1) is 6.85. The van der Waals surface area contributed by atoms with Gasteiger partial charge in [-0.25, -0.2) is 0 Å². The Hall–Kier alpha value is -1.48. The molecule has 0 unspecified atom stereocenters.